The second kappa shape index (κ2) is 8.02. The Hall–Kier alpha value is -1.61. The Morgan fingerprint density at radius 3 is 2.32 bits per heavy atom. The van der Waals surface area contributed by atoms with Crippen molar-refractivity contribution in [2.24, 2.45) is 0 Å². The van der Waals surface area contributed by atoms with Gasteiger partial charge >= 0.3 is 6.18 Å². The van der Waals surface area contributed by atoms with E-state index in [9.17, 15) is 26.8 Å². The number of nitrogens with zero attached hydrogens (tertiary/aromatic N) is 2. The molecule has 0 spiro atoms. The summed E-state index contributed by atoms with van der Waals surface area (Å²) in [6.45, 7) is 1.13. The Morgan fingerprint density at radius 1 is 1.14 bits per heavy atom. The molecule has 1 aliphatic heterocycles. The quantitative estimate of drug-likeness (QED) is 0.325. The summed E-state index contributed by atoms with van der Waals surface area (Å²) in [7, 11) is -2.11. The number of likely N-dealkylation sites (tertiary alicyclic amines) is 1. The van der Waals surface area contributed by atoms with Gasteiger partial charge in [0.2, 0.25) is 0 Å². The molecule has 5 nitrogen and oxygen atoms in total. The van der Waals surface area contributed by atoms with E-state index in [1.807, 2.05) is 11.9 Å². The van der Waals surface area contributed by atoms with E-state index in [1.165, 1.54) is 0 Å². The highest BCUT2D eigenvalue weighted by Crippen LogP contribution is 2.34. The van der Waals surface area contributed by atoms with E-state index in [-0.39, 0.29) is 11.6 Å². The van der Waals surface area contributed by atoms with Crippen LogP contribution < -0.4 is 0 Å². The maximum atomic E-state index is 13.2. The fourth-order valence-corrected chi connectivity index (χ4v) is 5.87. The van der Waals surface area contributed by atoms with Crippen LogP contribution in [0, 0.1) is 5.21 Å². The van der Waals surface area contributed by atoms with E-state index in [0.29, 0.717) is 49.6 Å². The zero-order valence-electron chi connectivity index (χ0n) is 15.8. The predicted octanol–water partition coefficient (Wildman–Crippen LogP) is 3.45. The molecule has 2 fully saturated rings. The van der Waals surface area contributed by atoms with Crippen LogP contribution in [0.15, 0.2) is 23.1 Å². The molecule has 9 heteroatoms. The maximum Gasteiger partial charge on any atom is 0.416 e. The summed E-state index contributed by atoms with van der Waals surface area (Å²) in [5.41, 5.74) is -0.983. The zero-order valence-corrected chi connectivity index (χ0v) is 16.6. The lowest BCUT2D eigenvalue weighted by molar-refractivity contribution is -0.494. The van der Waals surface area contributed by atoms with Gasteiger partial charge in [0.25, 0.3) is 0 Å². The molecule has 0 atom stereocenters. The Balaban J connectivity index is 2.04. The summed E-state index contributed by atoms with van der Waals surface area (Å²) in [5.74, 6) is 0. The smallest absolute Gasteiger partial charge is 0.416 e. The highest BCUT2D eigenvalue weighted by atomic mass is 32.2. The van der Waals surface area contributed by atoms with Crippen LogP contribution in [0.3, 0.4) is 0 Å². The molecule has 1 aromatic carbocycles. The van der Waals surface area contributed by atoms with Gasteiger partial charge in [0, 0.05) is 12.8 Å². The van der Waals surface area contributed by atoms with Crippen LogP contribution in [0.5, 0.6) is 0 Å². The van der Waals surface area contributed by atoms with Gasteiger partial charge in [-0.3, -0.25) is 0 Å². The second-order valence-electron chi connectivity index (χ2n) is 7.73. The van der Waals surface area contributed by atoms with Crippen molar-refractivity contribution in [1.82, 2.24) is 4.90 Å². The average Bonchev–Trinajstić information content (AvgIpc) is 3.16. The summed E-state index contributed by atoms with van der Waals surface area (Å²) >= 11 is 0. The predicted molar refractivity (Wildman–Crippen MR) is 100 cm³/mol. The van der Waals surface area contributed by atoms with Gasteiger partial charge in [0.1, 0.15) is 0 Å². The molecule has 2 aliphatic rings. The third-order valence-electron chi connectivity index (χ3n) is 5.70. The van der Waals surface area contributed by atoms with Crippen molar-refractivity contribution in [1.29, 1.82) is 0 Å². The van der Waals surface area contributed by atoms with Crippen LogP contribution in [0.1, 0.15) is 49.7 Å². The van der Waals surface area contributed by atoms with Crippen LogP contribution in [-0.2, 0) is 16.0 Å². The van der Waals surface area contributed by atoms with Crippen LogP contribution in [-0.4, -0.2) is 55.7 Å². The molecule has 28 heavy (non-hydrogen) atoms. The fraction of sp³-hybridized carbons (Fsp3) is 0.632. The van der Waals surface area contributed by atoms with Gasteiger partial charge in [0.05, 0.1) is 21.3 Å². The van der Waals surface area contributed by atoms with Gasteiger partial charge < -0.3 is 10.1 Å². The van der Waals surface area contributed by atoms with Crippen molar-refractivity contribution in [3.63, 3.8) is 0 Å². The summed E-state index contributed by atoms with van der Waals surface area (Å²) in [4.78, 5) is 1.60. The zero-order chi connectivity index (χ0) is 20.5. The first kappa shape index (κ1) is 21.1. The van der Waals surface area contributed by atoms with Gasteiger partial charge in [-0.1, -0.05) is 0 Å². The summed E-state index contributed by atoms with van der Waals surface area (Å²) in [6.07, 6.45) is 0.470. The number of hydrogen-bond donors (Lipinski definition) is 0. The number of rotatable bonds is 4. The van der Waals surface area contributed by atoms with Crippen molar-refractivity contribution in [2.75, 3.05) is 20.1 Å². The maximum absolute atomic E-state index is 13.2. The number of halogens is 3. The monoisotopic (exact) mass is 418 g/mol. The number of hydrogen-bond acceptors (Lipinski definition) is 4. The fourth-order valence-electron chi connectivity index (χ4n) is 3.94. The first-order valence-electron chi connectivity index (χ1n) is 9.53. The van der Waals surface area contributed by atoms with E-state index in [2.05, 4.69) is 0 Å². The van der Waals surface area contributed by atoms with Crippen LogP contribution in [0.25, 0.3) is 0 Å². The Bertz CT molecular complexity index is 838. The highest BCUT2D eigenvalue weighted by Gasteiger charge is 2.36. The number of sulfone groups is 1. The molecule has 0 bridgehead atoms. The van der Waals surface area contributed by atoms with E-state index in [1.54, 1.807) is 0 Å². The molecule has 1 heterocycles. The minimum absolute atomic E-state index is 0.0360. The third-order valence-corrected chi connectivity index (χ3v) is 8.02. The van der Waals surface area contributed by atoms with Gasteiger partial charge in [-0.2, -0.15) is 13.2 Å². The summed E-state index contributed by atoms with van der Waals surface area (Å²) in [6, 6.07) is 2.37. The van der Waals surface area contributed by atoms with Crippen molar-refractivity contribution < 1.29 is 26.3 Å². The molecule has 0 radical (unpaired) electrons. The van der Waals surface area contributed by atoms with Crippen LogP contribution >= 0.6 is 0 Å². The number of alkyl halides is 3. The molecule has 156 valence electrons. The number of benzene rings is 1. The van der Waals surface area contributed by atoms with E-state index in [0.717, 1.165) is 31.2 Å². The SMILES string of the molecule is CN1CCC(S(=O)(=O)c2cc(C(F)(F)F)ccc2/C=[N+](\[O-])C2CCCC2)CC1. The Kier molecular flexibility index (Phi) is 6.05. The molecule has 0 unspecified atom stereocenters. The molecule has 0 amide bonds. The normalized spacial score (nSPS) is 21.4. The van der Waals surface area contributed by atoms with Gasteiger partial charge in [-0.15, -0.1) is 0 Å². The van der Waals surface area contributed by atoms with E-state index in [4.69, 9.17) is 0 Å². The molecule has 1 aliphatic carbocycles. The highest BCUT2D eigenvalue weighted by molar-refractivity contribution is 7.92. The molecule has 3 rings (SSSR count). The molecule has 0 N–H and O–H groups in total. The number of hydroxylamine groups is 1. The lowest BCUT2D eigenvalue weighted by Gasteiger charge is -2.29. The van der Waals surface area contributed by atoms with Crippen molar-refractivity contribution in [2.45, 2.75) is 60.9 Å². The van der Waals surface area contributed by atoms with Crippen LogP contribution in [0.4, 0.5) is 13.2 Å². The second-order valence-corrected chi connectivity index (χ2v) is 9.92. The molecule has 1 saturated heterocycles. The standard InChI is InChI=1S/C19H25F3N2O3S/c1-23-10-8-17(9-11-23)28(26,27)18-12-15(19(20,21)22)7-6-14(18)13-24(25)16-4-2-3-5-16/h6-7,12-13,16-17H,2-5,8-11H2,1H3/b24-13-. The molecular weight excluding hydrogens is 393 g/mol. The minimum Gasteiger partial charge on any atom is -0.624 e. The topological polar surface area (TPSA) is 63.5 Å². The third kappa shape index (κ3) is 4.51. The molecular formula is C19H25F3N2O3S. The van der Waals surface area contributed by atoms with Crippen molar-refractivity contribution >= 4 is 16.1 Å². The Labute approximate surface area is 163 Å². The first-order chi connectivity index (χ1) is 13.1. The summed E-state index contributed by atoms with van der Waals surface area (Å²) in [5, 5.41) is 11.7. The average molecular weight is 418 g/mol. The van der Waals surface area contributed by atoms with Crippen molar-refractivity contribution in [3.8, 4) is 0 Å². The Morgan fingerprint density at radius 2 is 1.75 bits per heavy atom. The molecule has 1 aromatic rings. The van der Waals surface area contributed by atoms with Gasteiger partial charge in [-0.25, -0.2) is 13.2 Å². The molecule has 0 aromatic heterocycles. The lowest BCUT2D eigenvalue weighted by Crippen LogP contribution is -2.37. The van der Waals surface area contributed by atoms with E-state index < -0.39 is 31.7 Å². The van der Waals surface area contributed by atoms with Crippen molar-refractivity contribution in [3.05, 3.63) is 34.5 Å². The van der Waals surface area contributed by atoms with Gasteiger partial charge in [-0.05, 0) is 64.0 Å². The molecule has 1 saturated carbocycles. The van der Waals surface area contributed by atoms with Crippen LogP contribution in [0.2, 0.25) is 0 Å². The lowest BCUT2D eigenvalue weighted by atomic mass is 10.1. The van der Waals surface area contributed by atoms with E-state index >= 15 is 0 Å². The summed E-state index contributed by atoms with van der Waals surface area (Å²) < 4.78 is 66.7. The minimum atomic E-state index is -4.65. The first-order valence-corrected chi connectivity index (χ1v) is 11.1. The largest absolute Gasteiger partial charge is 0.624 e. The number of piperidine rings is 1. The van der Waals surface area contributed by atoms with Gasteiger partial charge in [0.15, 0.2) is 22.1 Å².